The van der Waals surface area contributed by atoms with Crippen LogP contribution in [0.1, 0.15) is 55.4 Å². The van der Waals surface area contributed by atoms with Crippen molar-refractivity contribution in [3.8, 4) is 0 Å². The maximum Gasteiger partial charge on any atom is 0.213 e. The van der Waals surface area contributed by atoms with Crippen molar-refractivity contribution < 1.29 is 4.79 Å². The third kappa shape index (κ3) is 5.38. The largest absolute Gasteiger partial charge is 0.355 e. The molecule has 1 aliphatic heterocycles. The van der Waals surface area contributed by atoms with Gasteiger partial charge < -0.3 is 9.80 Å². The number of hydrogen-bond acceptors (Lipinski definition) is 5. The van der Waals surface area contributed by atoms with E-state index in [4.69, 9.17) is 4.98 Å². The van der Waals surface area contributed by atoms with Crippen molar-refractivity contribution in [3.63, 3.8) is 0 Å². The lowest BCUT2D eigenvalue weighted by atomic mass is 9.92. The van der Waals surface area contributed by atoms with E-state index in [0.29, 0.717) is 16.7 Å². The second-order valence-corrected chi connectivity index (χ2v) is 8.84. The molecule has 5 heteroatoms. The van der Waals surface area contributed by atoms with Gasteiger partial charge in [-0.3, -0.25) is 9.78 Å². The van der Waals surface area contributed by atoms with Crippen LogP contribution in [0.5, 0.6) is 0 Å². The van der Waals surface area contributed by atoms with Gasteiger partial charge in [-0.05, 0) is 62.5 Å². The van der Waals surface area contributed by atoms with Crippen LogP contribution < -0.4 is 4.90 Å². The van der Waals surface area contributed by atoms with Crippen LogP contribution in [0.3, 0.4) is 0 Å². The Morgan fingerprint density at radius 3 is 2.64 bits per heavy atom. The first-order chi connectivity index (χ1) is 13.3. The van der Waals surface area contributed by atoms with Crippen molar-refractivity contribution in [2.45, 2.75) is 40.5 Å². The molecule has 28 heavy (non-hydrogen) atoms. The van der Waals surface area contributed by atoms with E-state index < -0.39 is 0 Å². The van der Waals surface area contributed by atoms with Crippen LogP contribution in [0, 0.1) is 12.3 Å². The zero-order valence-electron chi connectivity index (χ0n) is 17.6. The van der Waals surface area contributed by atoms with E-state index in [2.05, 4.69) is 35.6 Å². The third-order valence-corrected chi connectivity index (χ3v) is 5.31. The fraction of sp³-hybridized carbons (Fsp3) is 0.522. The molecule has 0 unspecified atom stereocenters. The average molecular weight is 381 g/mol. The predicted molar refractivity (Wildman–Crippen MR) is 114 cm³/mol. The number of aromatic nitrogens is 2. The van der Waals surface area contributed by atoms with Crippen LogP contribution in [0.25, 0.3) is 0 Å². The van der Waals surface area contributed by atoms with E-state index in [1.807, 2.05) is 25.1 Å². The number of anilines is 1. The molecule has 0 aliphatic carbocycles. The molecule has 3 heterocycles. The Hall–Kier alpha value is -2.27. The van der Waals surface area contributed by atoms with Crippen molar-refractivity contribution in [1.29, 1.82) is 0 Å². The highest BCUT2D eigenvalue weighted by Crippen LogP contribution is 2.21. The summed E-state index contributed by atoms with van der Waals surface area (Å²) in [5.41, 5.74) is 2.22. The molecule has 3 rings (SSSR count). The molecule has 1 saturated heterocycles. The number of nitrogens with zero attached hydrogens (tertiary/aromatic N) is 4. The molecular formula is C23H32N4O. The van der Waals surface area contributed by atoms with E-state index in [0.717, 1.165) is 50.7 Å². The van der Waals surface area contributed by atoms with E-state index in [1.165, 1.54) is 6.42 Å². The van der Waals surface area contributed by atoms with Crippen molar-refractivity contribution in [1.82, 2.24) is 14.9 Å². The predicted octanol–water partition coefficient (Wildman–Crippen LogP) is 3.96. The molecule has 0 bridgehead atoms. The minimum absolute atomic E-state index is 0.0610. The maximum atomic E-state index is 12.9. The second-order valence-electron chi connectivity index (χ2n) is 8.84. The summed E-state index contributed by atoms with van der Waals surface area (Å²) in [4.78, 5) is 26.7. The quantitative estimate of drug-likeness (QED) is 0.735. The van der Waals surface area contributed by atoms with Gasteiger partial charge >= 0.3 is 0 Å². The standard InChI is InChI=1S/C23H32N4O/c1-18-19(8-6-12-24-18)22(28)20-9-5-10-21(25-20)27-14-7-13-26(16-17-27)15-11-23(2,3)4/h5-6,8-10,12H,7,11,13-17H2,1-4H3. The lowest BCUT2D eigenvalue weighted by Gasteiger charge is -2.26. The monoisotopic (exact) mass is 380 g/mol. The Morgan fingerprint density at radius 2 is 1.89 bits per heavy atom. The Bertz CT molecular complexity index is 812. The van der Waals surface area contributed by atoms with Crippen LogP contribution in [-0.4, -0.2) is 53.4 Å². The summed E-state index contributed by atoms with van der Waals surface area (Å²) in [6.07, 6.45) is 4.03. The molecule has 0 atom stereocenters. The molecule has 0 spiro atoms. The summed E-state index contributed by atoms with van der Waals surface area (Å²) >= 11 is 0. The molecule has 0 radical (unpaired) electrons. The van der Waals surface area contributed by atoms with Crippen molar-refractivity contribution in [2.75, 3.05) is 37.6 Å². The SMILES string of the molecule is Cc1ncccc1C(=O)c1cccc(N2CCCN(CCC(C)(C)C)CC2)n1. The van der Waals surface area contributed by atoms with Gasteiger partial charge in [-0.15, -0.1) is 0 Å². The number of carbonyl (C=O) groups is 1. The van der Waals surface area contributed by atoms with Crippen LogP contribution in [0.4, 0.5) is 5.82 Å². The molecule has 0 saturated carbocycles. The zero-order valence-corrected chi connectivity index (χ0v) is 17.6. The van der Waals surface area contributed by atoms with Crippen LogP contribution in [0.2, 0.25) is 0 Å². The summed E-state index contributed by atoms with van der Waals surface area (Å²) in [7, 11) is 0. The Balaban J connectivity index is 1.69. The molecule has 2 aromatic heterocycles. The van der Waals surface area contributed by atoms with Gasteiger partial charge in [0.2, 0.25) is 5.78 Å². The molecule has 0 aromatic carbocycles. The van der Waals surface area contributed by atoms with Crippen LogP contribution in [0.15, 0.2) is 36.5 Å². The van der Waals surface area contributed by atoms with Gasteiger partial charge in [-0.1, -0.05) is 26.8 Å². The molecule has 0 amide bonds. The first-order valence-corrected chi connectivity index (χ1v) is 10.2. The van der Waals surface area contributed by atoms with Gasteiger partial charge in [-0.2, -0.15) is 0 Å². The van der Waals surface area contributed by atoms with Gasteiger partial charge in [0.25, 0.3) is 0 Å². The molecular weight excluding hydrogens is 348 g/mol. The van der Waals surface area contributed by atoms with Crippen molar-refractivity contribution in [2.24, 2.45) is 5.41 Å². The van der Waals surface area contributed by atoms with Gasteiger partial charge in [0, 0.05) is 37.1 Å². The van der Waals surface area contributed by atoms with Crippen molar-refractivity contribution >= 4 is 11.6 Å². The molecule has 0 N–H and O–H groups in total. The minimum Gasteiger partial charge on any atom is -0.355 e. The van der Waals surface area contributed by atoms with E-state index in [-0.39, 0.29) is 5.78 Å². The summed E-state index contributed by atoms with van der Waals surface area (Å²) < 4.78 is 0. The zero-order chi connectivity index (χ0) is 20.1. The first kappa shape index (κ1) is 20.5. The number of carbonyl (C=O) groups excluding carboxylic acids is 1. The van der Waals surface area contributed by atoms with Crippen molar-refractivity contribution in [3.05, 3.63) is 53.5 Å². The maximum absolute atomic E-state index is 12.9. The summed E-state index contributed by atoms with van der Waals surface area (Å²) in [6, 6.07) is 9.36. The molecule has 1 fully saturated rings. The van der Waals surface area contributed by atoms with E-state index in [1.54, 1.807) is 18.3 Å². The number of pyridine rings is 2. The molecule has 5 nitrogen and oxygen atoms in total. The topological polar surface area (TPSA) is 49.3 Å². The normalized spacial score (nSPS) is 16.1. The van der Waals surface area contributed by atoms with E-state index in [9.17, 15) is 4.79 Å². The van der Waals surface area contributed by atoms with Gasteiger partial charge in [0.05, 0.1) is 0 Å². The van der Waals surface area contributed by atoms with Crippen LogP contribution in [-0.2, 0) is 0 Å². The van der Waals surface area contributed by atoms with E-state index >= 15 is 0 Å². The smallest absolute Gasteiger partial charge is 0.213 e. The Kier molecular flexibility index (Phi) is 6.45. The fourth-order valence-electron chi connectivity index (χ4n) is 3.51. The van der Waals surface area contributed by atoms with Gasteiger partial charge in [0.1, 0.15) is 11.5 Å². The first-order valence-electron chi connectivity index (χ1n) is 10.2. The average Bonchev–Trinajstić information content (AvgIpc) is 2.91. The minimum atomic E-state index is -0.0610. The molecule has 150 valence electrons. The highest BCUT2D eigenvalue weighted by molar-refractivity contribution is 6.08. The third-order valence-electron chi connectivity index (χ3n) is 5.31. The highest BCUT2D eigenvalue weighted by Gasteiger charge is 2.20. The lowest BCUT2D eigenvalue weighted by Crippen LogP contribution is -2.33. The van der Waals surface area contributed by atoms with Gasteiger partial charge in [-0.25, -0.2) is 4.98 Å². The molecule has 2 aromatic rings. The Morgan fingerprint density at radius 1 is 1.07 bits per heavy atom. The van der Waals surface area contributed by atoms with Crippen LogP contribution >= 0.6 is 0 Å². The second kappa shape index (κ2) is 8.82. The summed E-state index contributed by atoms with van der Waals surface area (Å²) in [5.74, 6) is 0.833. The molecule has 1 aliphatic rings. The lowest BCUT2D eigenvalue weighted by molar-refractivity contribution is 0.103. The number of hydrogen-bond donors (Lipinski definition) is 0. The van der Waals surface area contributed by atoms with Gasteiger partial charge in [0.15, 0.2) is 0 Å². The Labute approximate surface area is 168 Å². The highest BCUT2D eigenvalue weighted by atomic mass is 16.1. The summed E-state index contributed by atoms with van der Waals surface area (Å²) in [6.45, 7) is 14.0. The number of ketones is 1. The fourth-order valence-corrected chi connectivity index (χ4v) is 3.51. The number of aryl methyl sites for hydroxylation is 1. The summed E-state index contributed by atoms with van der Waals surface area (Å²) in [5, 5.41) is 0. The number of rotatable bonds is 5.